The molecule has 0 aliphatic rings. The van der Waals surface area contributed by atoms with E-state index in [1.54, 1.807) is 6.92 Å². The maximum absolute atomic E-state index is 5.76. The molecular weight excluding hydrogens is 278 g/mol. The minimum Gasteiger partial charge on any atom is -0.457 e. The van der Waals surface area contributed by atoms with Crippen LogP contribution in [0.4, 0.5) is 5.69 Å². The van der Waals surface area contributed by atoms with Gasteiger partial charge in [-0.2, -0.15) is 4.98 Å². The van der Waals surface area contributed by atoms with Gasteiger partial charge in [-0.05, 0) is 50.2 Å². The lowest BCUT2D eigenvalue weighted by Gasteiger charge is -2.12. The van der Waals surface area contributed by atoms with Gasteiger partial charge in [0.25, 0.3) is 0 Å². The molecule has 112 valence electrons. The van der Waals surface area contributed by atoms with E-state index in [2.05, 4.69) is 15.5 Å². The molecular formula is C17H17N3O2. The second-order valence-corrected chi connectivity index (χ2v) is 4.99. The number of rotatable bonds is 5. The molecule has 0 amide bonds. The zero-order chi connectivity index (χ0) is 15.4. The monoisotopic (exact) mass is 295 g/mol. The zero-order valence-electron chi connectivity index (χ0n) is 12.5. The minimum absolute atomic E-state index is 0.0536. The molecule has 1 N–H and O–H groups in total. The normalized spacial score (nSPS) is 11.9. The molecule has 5 heteroatoms. The van der Waals surface area contributed by atoms with Crippen molar-refractivity contribution in [1.29, 1.82) is 0 Å². The number of aryl methyl sites for hydroxylation is 1. The molecule has 0 aliphatic heterocycles. The van der Waals surface area contributed by atoms with E-state index < -0.39 is 0 Å². The second-order valence-electron chi connectivity index (χ2n) is 4.99. The molecule has 22 heavy (non-hydrogen) atoms. The van der Waals surface area contributed by atoms with Gasteiger partial charge in [-0.3, -0.25) is 0 Å². The van der Waals surface area contributed by atoms with Crippen LogP contribution in [-0.2, 0) is 0 Å². The summed E-state index contributed by atoms with van der Waals surface area (Å²) in [5.74, 6) is 2.81. The van der Waals surface area contributed by atoms with Crippen LogP contribution in [0.3, 0.4) is 0 Å². The van der Waals surface area contributed by atoms with Gasteiger partial charge in [0.2, 0.25) is 5.89 Å². The first-order valence-corrected chi connectivity index (χ1v) is 7.10. The topological polar surface area (TPSA) is 60.2 Å². The van der Waals surface area contributed by atoms with Crippen molar-refractivity contribution in [2.24, 2.45) is 0 Å². The molecule has 0 saturated heterocycles. The quantitative estimate of drug-likeness (QED) is 0.758. The van der Waals surface area contributed by atoms with Crippen molar-refractivity contribution in [3.63, 3.8) is 0 Å². The molecule has 0 aliphatic carbocycles. The summed E-state index contributed by atoms with van der Waals surface area (Å²) < 4.78 is 10.9. The summed E-state index contributed by atoms with van der Waals surface area (Å²) in [7, 11) is 0. The Hall–Kier alpha value is -2.82. The molecule has 2 aromatic carbocycles. The van der Waals surface area contributed by atoms with E-state index in [1.807, 2.05) is 61.5 Å². The number of ether oxygens (including phenoxy) is 1. The van der Waals surface area contributed by atoms with Gasteiger partial charge >= 0.3 is 0 Å². The molecule has 3 aromatic rings. The van der Waals surface area contributed by atoms with E-state index in [0.717, 1.165) is 17.2 Å². The largest absolute Gasteiger partial charge is 0.457 e. The van der Waals surface area contributed by atoms with Crippen LogP contribution in [-0.4, -0.2) is 10.1 Å². The summed E-state index contributed by atoms with van der Waals surface area (Å²) in [5.41, 5.74) is 0.962. The van der Waals surface area contributed by atoms with Gasteiger partial charge < -0.3 is 14.6 Å². The number of aromatic nitrogens is 2. The maximum Gasteiger partial charge on any atom is 0.248 e. The first kappa shape index (κ1) is 14.1. The third kappa shape index (κ3) is 3.44. The van der Waals surface area contributed by atoms with Gasteiger partial charge in [-0.25, -0.2) is 0 Å². The fourth-order valence-electron chi connectivity index (χ4n) is 2.04. The molecule has 1 unspecified atom stereocenters. The molecule has 0 fully saturated rings. The minimum atomic E-state index is -0.0536. The van der Waals surface area contributed by atoms with Crippen molar-refractivity contribution in [1.82, 2.24) is 10.1 Å². The summed E-state index contributed by atoms with van der Waals surface area (Å²) in [6.45, 7) is 3.77. The molecule has 0 saturated carbocycles. The van der Waals surface area contributed by atoms with Gasteiger partial charge in [0.15, 0.2) is 5.82 Å². The highest BCUT2D eigenvalue weighted by Crippen LogP contribution is 2.24. The highest BCUT2D eigenvalue weighted by Gasteiger charge is 2.12. The first-order valence-electron chi connectivity index (χ1n) is 7.10. The number of anilines is 1. The number of hydrogen-bond acceptors (Lipinski definition) is 5. The number of para-hydroxylation sites is 1. The standard InChI is InChI=1S/C17H17N3O2/c1-12(17-19-13(2)20-22-17)18-14-8-10-16(11-9-14)21-15-6-4-3-5-7-15/h3-12,18H,1-2H3. The fourth-order valence-corrected chi connectivity index (χ4v) is 2.04. The van der Waals surface area contributed by atoms with Crippen LogP contribution < -0.4 is 10.1 Å². The fraction of sp³-hybridized carbons (Fsp3) is 0.176. The van der Waals surface area contributed by atoms with E-state index in [9.17, 15) is 0 Å². The van der Waals surface area contributed by atoms with E-state index in [-0.39, 0.29) is 6.04 Å². The average Bonchev–Trinajstić information content (AvgIpc) is 2.97. The predicted octanol–water partition coefficient (Wildman–Crippen LogP) is 4.34. The summed E-state index contributed by atoms with van der Waals surface area (Å²) in [5, 5.41) is 7.10. The van der Waals surface area contributed by atoms with Crippen LogP contribution in [0.15, 0.2) is 59.1 Å². The van der Waals surface area contributed by atoms with Crippen LogP contribution >= 0.6 is 0 Å². The highest BCUT2D eigenvalue weighted by molar-refractivity contribution is 5.48. The third-order valence-electron chi connectivity index (χ3n) is 3.13. The highest BCUT2D eigenvalue weighted by atomic mass is 16.5. The average molecular weight is 295 g/mol. The molecule has 0 radical (unpaired) electrons. The van der Waals surface area contributed by atoms with Gasteiger partial charge in [-0.15, -0.1) is 0 Å². The van der Waals surface area contributed by atoms with Crippen LogP contribution in [0.1, 0.15) is 24.7 Å². The summed E-state index contributed by atoms with van der Waals surface area (Å²) in [6.07, 6.45) is 0. The van der Waals surface area contributed by atoms with E-state index in [1.165, 1.54) is 0 Å². The van der Waals surface area contributed by atoms with Crippen molar-refractivity contribution in [3.05, 3.63) is 66.3 Å². The number of benzene rings is 2. The van der Waals surface area contributed by atoms with E-state index in [0.29, 0.717) is 11.7 Å². The van der Waals surface area contributed by atoms with Crippen molar-refractivity contribution in [2.45, 2.75) is 19.9 Å². The smallest absolute Gasteiger partial charge is 0.248 e. The Kier molecular flexibility index (Phi) is 4.05. The Morgan fingerprint density at radius 2 is 1.68 bits per heavy atom. The molecule has 3 rings (SSSR count). The molecule has 0 bridgehead atoms. The predicted molar refractivity (Wildman–Crippen MR) is 84.0 cm³/mol. The van der Waals surface area contributed by atoms with Crippen molar-refractivity contribution >= 4 is 5.69 Å². The number of nitrogens with zero attached hydrogens (tertiary/aromatic N) is 2. The summed E-state index contributed by atoms with van der Waals surface area (Å²) in [4.78, 5) is 4.22. The van der Waals surface area contributed by atoms with Crippen molar-refractivity contribution in [3.8, 4) is 11.5 Å². The Morgan fingerprint density at radius 3 is 2.32 bits per heavy atom. The lowest BCUT2D eigenvalue weighted by molar-refractivity contribution is 0.364. The Bertz CT molecular complexity index is 723. The Balaban J connectivity index is 1.64. The van der Waals surface area contributed by atoms with E-state index in [4.69, 9.17) is 9.26 Å². The Labute approximate surface area is 128 Å². The van der Waals surface area contributed by atoms with Gasteiger partial charge in [0.05, 0.1) is 0 Å². The summed E-state index contributed by atoms with van der Waals surface area (Å²) in [6, 6.07) is 17.4. The maximum atomic E-state index is 5.76. The molecule has 1 heterocycles. The van der Waals surface area contributed by atoms with Crippen molar-refractivity contribution < 1.29 is 9.26 Å². The van der Waals surface area contributed by atoms with Crippen LogP contribution in [0, 0.1) is 6.92 Å². The number of hydrogen-bond donors (Lipinski definition) is 1. The van der Waals surface area contributed by atoms with Gasteiger partial charge in [0.1, 0.15) is 17.5 Å². The summed E-state index contributed by atoms with van der Waals surface area (Å²) >= 11 is 0. The SMILES string of the molecule is Cc1noc(C(C)Nc2ccc(Oc3ccccc3)cc2)n1. The van der Waals surface area contributed by atoms with Gasteiger partial charge in [0, 0.05) is 5.69 Å². The van der Waals surface area contributed by atoms with E-state index >= 15 is 0 Å². The lowest BCUT2D eigenvalue weighted by Crippen LogP contribution is -2.06. The van der Waals surface area contributed by atoms with Crippen LogP contribution in [0.5, 0.6) is 11.5 Å². The Morgan fingerprint density at radius 1 is 1.00 bits per heavy atom. The van der Waals surface area contributed by atoms with Crippen molar-refractivity contribution in [2.75, 3.05) is 5.32 Å². The second kappa shape index (κ2) is 6.30. The third-order valence-corrected chi connectivity index (χ3v) is 3.13. The first-order chi connectivity index (χ1) is 10.7. The molecule has 1 aromatic heterocycles. The van der Waals surface area contributed by atoms with Gasteiger partial charge in [-0.1, -0.05) is 23.4 Å². The molecule has 5 nitrogen and oxygen atoms in total. The lowest BCUT2D eigenvalue weighted by atomic mass is 10.2. The van der Waals surface area contributed by atoms with Crippen LogP contribution in [0.25, 0.3) is 0 Å². The molecule has 1 atom stereocenters. The molecule has 0 spiro atoms. The number of nitrogens with one attached hydrogen (secondary N) is 1. The zero-order valence-corrected chi connectivity index (χ0v) is 12.5. The van der Waals surface area contributed by atoms with Crippen LogP contribution in [0.2, 0.25) is 0 Å².